The lowest BCUT2D eigenvalue weighted by Crippen LogP contribution is -2.44. The van der Waals surface area contributed by atoms with Gasteiger partial charge in [0.15, 0.2) is 5.78 Å². The predicted octanol–water partition coefficient (Wildman–Crippen LogP) is 6.21. The van der Waals surface area contributed by atoms with Crippen LogP contribution in [0.3, 0.4) is 0 Å². The molecule has 2 aliphatic heterocycles. The minimum atomic E-state index is -4.78. The number of allylic oxidation sites excluding steroid dienone is 1. The summed E-state index contributed by atoms with van der Waals surface area (Å²) in [6.45, 7) is 9.80. The quantitative estimate of drug-likeness (QED) is 0.210. The molecule has 0 radical (unpaired) electrons. The van der Waals surface area contributed by atoms with Crippen LogP contribution in [0, 0.1) is 24.6 Å². The van der Waals surface area contributed by atoms with Gasteiger partial charge in [0.2, 0.25) is 0 Å². The van der Waals surface area contributed by atoms with Crippen molar-refractivity contribution in [3.8, 4) is 6.01 Å². The largest absolute Gasteiger partial charge is 0.462 e. The van der Waals surface area contributed by atoms with Gasteiger partial charge in [0.25, 0.3) is 0 Å². The molecule has 0 spiro atoms. The molecule has 0 amide bonds. The first kappa shape index (κ1) is 33.1. The molecule has 2 aromatic rings. The number of hydrogen-bond donors (Lipinski definition) is 1. The number of rotatable bonds is 8. The summed E-state index contributed by atoms with van der Waals surface area (Å²) in [4.78, 5) is 25.9. The number of alkyl halides is 4. The fourth-order valence-corrected chi connectivity index (χ4v) is 7.58. The number of benzene rings is 1. The highest BCUT2D eigenvalue weighted by Gasteiger charge is 2.44. The molecule has 1 aromatic heterocycles. The molecule has 0 saturated carbocycles. The van der Waals surface area contributed by atoms with E-state index in [-0.39, 0.29) is 60.0 Å². The Labute approximate surface area is 261 Å². The van der Waals surface area contributed by atoms with Crippen molar-refractivity contribution in [3.63, 3.8) is 0 Å². The number of hydrogen-bond acceptors (Lipinski definition) is 7. The second kappa shape index (κ2) is 12.8. The van der Waals surface area contributed by atoms with Gasteiger partial charge in [-0.2, -0.15) is 23.1 Å². The number of ether oxygens (including phenoxy) is 1. The number of likely N-dealkylation sites (N-methyl/N-ethyl adjacent to an activating group) is 1. The lowest BCUT2D eigenvalue weighted by molar-refractivity contribution is -0.139. The summed E-state index contributed by atoms with van der Waals surface area (Å²) >= 11 is 0. The number of anilines is 2. The maximum Gasteiger partial charge on any atom is 0.417 e. The minimum Gasteiger partial charge on any atom is -0.462 e. The first-order valence-corrected chi connectivity index (χ1v) is 15.7. The molecule has 3 aliphatic rings. The van der Waals surface area contributed by atoms with Crippen molar-refractivity contribution in [2.24, 2.45) is 11.8 Å². The smallest absolute Gasteiger partial charge is 0.417 e. The third-order valence-corrected chi connectivity index (χ3v) is 10.00. The SMILES string of the molecule is C=CC(=O)C1CCN(c2nc(OC[C@@H]3C[C@@H](F)CN3C)nc3c2C[C@H](CC)[C@@H](c2c(F)c(N)cc(C)c2C(F)(F)F)C3)[C@@H](C)C1. The zero-order valence-electron chi connectivity index (χ0n) is 26.3. The molecule has 0 bridgehead atoms. The standard InChI is InChI=1S/C33H42F5N5O2/c1-6-19-12-24-26(14-23(19)28-29(33(36,37)38)17(3)10-25(39)30(28)35)40-32(45-16-22-13-21(34)15-42(22)5)41-31(24)43-9-8-20(11-18(43)4)27(44)7-2/h7,10,18-23H,2,6,8-9,11-16,39H2,1,3-5H3/t18-,19-,20?,21+,22-,23-/m0/s1. The topological polar surface area (TPSA) is 84.6 Å². The van der Waals surface area contributed by atoms with Crippen molar-refractivity contribution in [3.05, 3.63) is 52.5 Å². The van der Waals surface area contributed by atoms with Crippen molar-refractivity contribution < 1.29 is 31.5 Å². The number of carbonyl (C=O) groups is 1. The molecule has 2 saturated heterocycles. The van der Waals surface area contributed by atoms with E-state index >= 15 is 4.39 Å². The molecular formula is C33H42F5N5O2. The number of piperidine rings is 1. The number of halogens is 5. The fourth-order valence-electron chi connectivity index (χ4n) is 7.58. The van der Waals surface area contributed by atoms with Crippen LogP contribution >= 0.6 is 0 Å². The van der Waals surface area contributed by atoms with E-state index in [1.807, 2.05) is 25.8 Å². The van der Waals surface area contributed by atoms with Gasteiger partial charge in [-0.15, -0.1) is 0 Å². The van der Waals surface area contributed by atoms with Crippen LogP contribution in [0.1, 0.15) is 73.4 Å². The van der Waals surface area contributed by atoms with Crippen LogP contribution in [-0.2, 0) is 23.8 Å². The molecule has 5 rings (SSSR count). The van der Waals surface area contributed by atoms with Crippen LogP contribution < -0.4 is 15.4 Å². The van der Waals surface area contributed by atoms with Gasteiger partial charge in [0.1, 0.15) is 24.4 Å². The van der Waals surface area contributed by atoms with Gasteiger partial charge in [-0.3, -0.25) is 9.69 Å². The summed E-state index contributed by atoms with van der Waals surface area (Å²) in [5.74, 6) is -1.76. The van der Waals surface area contributed by atoms with E-state index in [1.165, 1.54) is 13.0 Å². The third-order valence-electron chi connectivity index (χ3n) is 10.00. The van der Waals surface area contributed by atoms with Crippen molar-refractivity contribution in [1.82, 2.24) is 14.9 Å². The second-order valence-corrected chi connectivity index (χ2v) is 12.9. The first-order valence-electron chi connectivity index (χ1n) is 15.7. The number of aryl methyl sites for hydroxylation is 1. The van der Waals surface area contributed by atoms with Crippen LogP contribution in [0.15, 0.2) is 18.7 Å². The molecule has 2 fully saturated rings. The van der Waals surface area contributed by atoms with Crippen LogP contribution in [0.25, 0.3) is 0 Å². The normalized spacial score (nSPS) is 27.4. The minimum absolute atomic E-state index is 0.00380. The molecule has 2 N–H and O–H groups in total. The monoisotopic (exact) mass is 635 g/mol. The first-order chi connectivity index (χ1) is 21.2. The van der Waals surface area contributed by atoms with Gasteiger partial charge in [-0.05, 0) is 82.5 Å². The molecule has 45 heavy (non-hydrogen) atoms. The summed E-state index contributed by atoms with van der Waals surface area (Å²) in [6.07, 6.45) is -2.02. The average Bonchev–Trinajstić information content (AvgIpc) is 3.31. The number of fused-ring (bicyclic) bond motifs is 1. The third kappa shape index (κ3) is 6.53. The molecule has 1 aromatic carbocycles. The molecule has 7 nitrogen and oxygen atoms in total. The van der Waals surface area contributed by atoms with Crippen LogP contribution in [0.2, 0.25) is 0 Å². The number of nitrogens with two attached hydrogens (primary N) is 1. The van der Waals surface area contributed by atoms with Gasteiger partial charge in [0, 0.05) is 42.2 Å². The summed E-state index contributed by atoms with van der Waals surface area (Å²) in [5, 5.41) is 0. The van der Waals surface area contributed by atoms with E-state index in [0.29, 0.717) is 56.7 Å². The van der Waals surface area contributed by atoms with Gasteiger partial charge in [-0.1, -0.05) is 19.9 Å². The van der Waals surface area contributed by atoms with E-state index in [2.05, 4.69) is 11.5 Å². The van der Waals surface area contributed by atoms with Crippen molar-refractivity contribution in [2.75, 3.05) is 37.4 Å². The maximum atomic E-state index is 15.7. The molecule has 246 valence electrons. The molecule has 1 unspecified atom stereocenters. The lowest BCUT2D eigenvalue weighted by Gasteiger charge is -2.41. The Morgan fingerprint density at radius 3 is 2.58 bits per heavy atom. The lowest BCUT2D eigenvalue weighted by atomic mass is 9.71. The van der Waals surface area contributed by atoms with E-state index in [0.717, 1.165) is 11.6 Å². The second-order valence-electron chi connectivity index (χ2n) is 12.9. The Balaban J connectivity index is 1.58. The van der Waals surface area contributed by atoms with E-state index < -0.39 is 35.2 Å². The van der Waals surface area contributed by atoms with E-state index in [9.17, 15) is 22.4 Å². The van der Waals surface area contributed by atoms with Crippen molar-refractivity contribution in [1.29, 1.82) is 0 Å². The highest BCUT2D eigenvalue weighted by atomic mass is 19.4. The summed E-state index contributed by atoms with van der Waals surface area (Å²) in [7, 11) is 1.82. The summed E-state index contributed by atoms with van der Waals surface area (Å²) < 4.78 is 79.0. The number of ketones is 1. The van der Waals surface area contributed by atoms with Gasteiger partial charge < -0.3 is 15.4 Å². The van der Waals surface area contributed by atoms with E-state index in [4.69, 9.17) is 20.4 Å². The van der Waals surface area contributed by atoms with Gasteiger partial charge >= 0.3 is 12.2 Å². The molecule has 1 aliphatic carbocycles. The van der Waals surface area contributed by atoms with Crippen molar-refractivity contribution in [2.45, 2.75) is 89.6 Å². The number of carbonyl (C=O) groups excluding carboxylic acids is 1. The van der Waals surface area contributed by atoms with Crippen LogP contribution in [0.4, 0.5) is 33.5 Å². The zero-order chi connectivity index (χ0) is 32.8. The number of nitrogen functional groups attached to an aromatic ring is 1. The Hall–Kier alpha value is -3.28. The molecule has 6 atom stereocenters. The maximum absolute atomic E-state index is 15.7. The highest BCUT2D eigenvalue weighted by Crippen LogP contribution is 2.48. The average molecular weight is 636 g/mol. The van der Waals surface area contributed by atoms with Gasteiger partial charge in [-0.25, -0.2) is 8.78 Å². The summed E-state index contributed by atoms with van der Waals surface area (Å²) in [6, 6.07) is 0.829. The fraction of sp³-hybridized carbons (Fsp3) is 0.606. The Morgan fingerprint density at radius 2 is 1.98 bits per heavy atom. The van der Waals surface area contributed by atoms with Crippen LogP contribution in [0.5, 0.6) is 6.01 Å². The molecular weight excluding hydrogens is 593 g/mol. The predicted molar refractivity (Wildman–Crippen MR) is 163 cm³/mol. The van der Waals surface area contributed by atoms with Gasteiger partial charge in [0.05, 0.1) is 16.9 Å². The number of likely N-dealkylation sites (tertiary alicyclic amines) is 1. The molecule has 12 heteroatoms. The van der Waals surface area contributed by atoms with Crippen molar-refractivity contribution >= 4 is 17.3 Å². The summed E-state index contributed by atoms with van der Waals surface area (Å²) in [5.41, 5.74) is 5.34. The van der Waals surface area contributed by atoms with E-state index in [1.54, 1.807) is 0 Å². The molecule has 3 heterocycles. The number of nitrogens with zero attached hydrogens (tertiary/aromatic N) is 4. The highest BCUT2D eigenvalue weighted by molar-refractivity contribution is 5.91. The number of aromatic nitrogens is 2. The Morgan fingerprint density at radius 1 is 1.24 bits per heavy atom. The van der Waals surface area contributed by atoms with Crippen LogP contribution in [-0.4, -0.2) is 65.7 Å². The Bertz CT molecular complexity index is 1450. The zero-order valence-corrected chi connectivity index (χ0v) is 26.3. The Kier molecular flexibility index (Phi) is 9.45.